The molecule has 1 N–H and O–H groups in total. The van der Waals surface area contributed by atoms with Crippen LogP contribution in [0.2, 0.25) is 0 Å². The van der Waals surface area contributed by atoms with E-state index in [-0.39, 0.29) is 5.56 Å². The van der Waals surface area contributed by atoms with Gasteiger partial charge in [0.2, 0.25) is 0 Å². The number of alkyl halides is 3. The number of aromatic nitrogens is 1. The summed E-state index contributed by atoms with van der Waals surface area (Å²) < 4.78 is 38.3. The van der Waals surface area contributed by atoms with E-state index >= 15 is 0 Å². The summed E-state index contributed by atoms with van der Waals surface area (Å²) in [5.74, 6) is -0.627. The Morgan fingerprint density at radius 2 is 2.00 bits per heavy atom. The fourth-order valence-electron chi connectivity index (χ4n) is 2.42. The van der Waals surface area contributed by atoms with Crippen molar-refractivity contribution in [2.45, 2.75) is 25.6 Å². The highest BCUT2D eigenvalue weighted by Gasteiger charge is 2.32. The summed E-state index contributed by atoms with van der Waals surface area (Å²) in [6.07, 6.45) is -4.02. The largest absolute Gasteiger partial charge is 0.416 e. The zero-order valence-corrected chi connectivity index (χ0v) is 13.7. The van der Waals surface area contributed by atoms with Gasteiger partial charge in [-0.1, -0.05) is 18.2 Å². The molecule has 1 unspecified atom stereocenters. The van der Waals surface area contributed by atoms with Crippen molar-refractivity contribution in [1.29, 1.82) is 0 Å². The molecule has 25 heavy (non-hydrogen) atoms. The lowest BCUT2D eigenvalue weighted by Gasteiger charge is -2.24. The maximum atomic E-state index is 12.8. The molecule has 1 aromatic carbocycles. The highest BCUT2D eigenvalue weighted by molar-refractivity contribution is 5.82. The third-order valence-electron chi connectivity index (χ3n) is 3.82. The molecule has 7 heteroatoms. The minimum Gasteiger partial charge on any atom is -0.378 e. The standard InChI is InChI=1S/C18H19F3N2O2/c1-2-23(11-9-15-8-3-4-10-22-15)17(25)16(24)13-6-5-7-14(12-13)18(19,20)21/h3-8,10,12,16,24H,2,9,11H2,1H3. The molecule has 0 spiro atoms. The maximum absolute atomic E-state index is 12.8. The first-order chi connectivity index (χ1) is 11.8. The summed E-state index contributed by atoms with van der Waals surface area (Å²) in [4.78, 5) is 18.0. The lowest BCUT2D eigenvalue weighted by molar-refractivity contribution is -0.141. The molecule has 2 rings (SSSR count). The predicted molar refractivity (Wildman–Crippen MR) is 86.6 cm³/mol. The van der Waals surface area contributed by atoms with Crippen molar-refractivity contribution in [3.63, 3.8) is 0 Å². The first-order valence-electron chi connectivity index (χ1n) is 7.87. The van der Waals surface area contributed by atoms with Crippen LogP contribution in [-0.2, 0) is 17.4 Å². The number of benzene rings is 1. The fraction of sp³-hybridized carbons (Fsp3) is 0.333. The number of amides is 1. The molecule has 0 aliphatic heterocycles. The quantitative estimate of drug-likeness (QED) is 0.868. The van der Waals surface area contributed by atoms with Gasteiger partial charge in [0, 0.05) is 31.4 Å². The summed E-state index contributed by atoms with van der Waals surface area (Å²) in [6, 6.07) is 9.63. The second kappa shape index (κ2) is 8.11. The number of aliphatic hydroxyl groups is 1. The van der Waals surface area contributed by atoms with Gasteiger partial charge in [0.05, 0.1) is 5.56 Å². The molecular weight excluding hydrogens is 333 g/mol. The van der Waals surface area contributed by atoms with Crippen LogP contribution >= 0.6 is 0 Å². The molecule has 0 bridgehead atoms. The van der Waals surface area contributed by atoms with E-state index in [9.17, 15) is 23.1 Å². The van der Waals surface area contributed by atoms with Crippen molar-refractivity contribution in [1.82, 2.24) is 9.88 Å². The molecule has 0 aliphatic rings. The Bertz CT molecular complexity index is 705. The zero-order valence-electron chi connectivity index (χ0n) is 13.7. The average Bonchev–Trinajstić information content (AvgIpc) is 2.61. The van der Waals surface area contributed by atoms with E-state index in [1.54, 1.807) is 19.2 Å². The first kappa shape index (κ1) is 18.9. The van der Waals surface area contributed by atoms with Crippen LogP contribution in [-0.4, -0.2) is 34.0 Å². The third kappa shape index (κ3) is 5.03. The number of hydrogen-bond acceptors (Lipinski definition) is 3. The Labute approximate surface area is 143 Å². The lowest BCUT2D eigenvalue weighted by atomic mass is 10.0. The van der Waals surface area contributed by atoms with Gasteiger partial charge in [-0.05, 0) is 36.8 Å². The van der Waals surface area contributed by atoms with E-state index in [4.69, 9.17) is 0 Å². The van der Waals surface area contributed by atoms with Crippen LogP contribution in [0.1, 0.15) is 29.8 Å². The number of aliphatic hydroxyl groups excluding tert-OH is 1. The van der Waals surface area contributed by atoms with Gasteiger partial charge in [-0.15, -0.1) is 0 Å². The molecule has 1 atom stereocenters. The monoisotopic (exact) mass is 352 g/mol. The Balaban J connectivity index is 2.09. The fourth-order valence-corrected chi connectivity index (χ4v) is 2.42. The molecule has 134 valence electrons. The van der Waals surface area contributed by atoms with Crippen molar-refractivity contribution < 1.29 is 23.1 Å². The summed E-state index contributed by atoms with van der Waals surface area (Å²) in [5, 5.41) is 10.2. The minimum atomic E-state index is -4.53. The SMILES string of the molecule is CCN(CCc1ccccn1)C(=O)C(O)c1cccc(C(F)(F)F)c1. The highest BCUT2D eigenvalue weighted by atomic mass is 19.4. The molecule has 1 heterocycles. The van der Waals surface area contributed by atoms with Crippen molar-refractivity contribution >= 4 is 5.91 Å². The van der Waals surface area contributed by atoms with Crippen LogP contribution in [0.5, 0.6) is 0 Å². The van der Waals surface area contributed by atoms with Gasteiger partial charge in [0.25, 0.3) is 5.91 Å². The van der Waals surface area contributed by atoms with Crippen molar-refractivity contribution in [3.8, 4) is 0 Å². The number of nitrogens with zero attached hydrogens (tertiary/aromatic N) is 2. The molecular formula is C18H19F3N2O2. The maximum Gasteiger partial charge on any atom is 0.416 e. The van der Waals surface area contributed by atoms with Gasteiger partial charge in [-0.3, -0.25) is 9.78 Å². The van der Waals surface area contributed by atoms with Gasteiger partial charge in [0.1, 0.15) is 0 Å². The Hall–Kier alpha value is -2.41. The third-order valence-corrected chi connectivity index (χ3v) is 3.82. The van der Waals surface area contributed by atoms with E-state index < -0.39 is 23.8 Å². The molecule has 0 fully saturated rings. The number of carbonyl (C=O) groups is 1. The van der Waals surface area contributed by atoms with E-state index in [1.165, 1.54) is 17.0 Å². The second-order valence-electron chi connectivity index (χ2n) is 5.51. The molecule has 0 aliphatic carbocycles. The normalized spacial score (nSPS) is 12.7. The highest BCUT2D eigenvalue weighted by Crippen LogP contribution is 2.31. The Kier molecular flexibility index (Phi) is 6.14. The Morgan fingerprint density at radius 1 is 1.24 bits per heavy atom. The zero-order chi connectivity index (χ0) is 18.4. The van der Waals surface area contributed by atoms with E-state index in [2.05, 4.69) is 4.98 Å². The number of carbonyl (C=O) groups excluding carboxylic acids is 1. The number of hydrogen-bond donors (Lipinski definition) is 1. The summed E-state index contributed by atoms with van der Waals surface area (Å²) in [6.45, 7) is 2.40. The van der Waals surface area contributed by atoms with Gasteiger partial charge >= 0.3 is 6.18 Å². The molecule has 0 saturated heterocycles. The lowest BCUT2D eigenvalue weighted by Crippen LogP contribution is -2.36. The summed E-state index contributed by atoms with van der Waals surface area (Å²) in [5.41, 5.74) is -0.174. The number of rotatable bonds is 6. The molecule has 1 aromatic heterocycles. The molecule has 4 nitrogen and oxygen atoms in total. The Morgan fingerprint density at radius 3 is 2.60 bits per heavy atom. The topological polar surface area (TPSA) is 53.4 Å². The minimum absolute atomic E-state index is 0.0730. The average molecular weight is 352 g/mol. The van der Waals surface area contributed by atoms with Gasteiger partial charge in [-0.2, -0.15) is 13.2 Å². The van der Waals surface area contributed by atoms with Crippen molar-refractivity contribution in [2.24, 2.45) is 0 Å². The van der Waals surface area contributed by atoms with Crippen LogP contribution in [0, 0.1) is 0 Å². The molecule has 1 amide bonds. The molecule has 2 aromatic rings. The van der Waals surface area contributed by atoms with Gasteiger partial charge < -0.3 is 10.0 Å². The summed E-state index contributed by atoms with van der Waals surface area (Å²) in [7, 11) is 0. The summed E-state index contributed by atoms with van der Waals surface area (Å²) >= 11 is 0. The van der Waals surface area contributed by atoms with Crippen molar-refractivity contribution in [2.75, 3.05) is 13.1 Å². The smallest absolute Gasteiger partial charge is 0.378 e. The van der Waals surface area contributed by atoms with Crippen molar-refractivity contribution in [3.05, 3.63) is 65.5 Å². The van der Waals surface area contributed by atoms with E-state index in [0.717, 1.165) is 17.8 Å². The van der Waals surface area contributed by atoms with Crippen LogP contribution in [0.4, 0.5) is 13.2 Å². The number of pyridine rings is 1. The van der Waals surface area contributed by atoms with Crippen LogP contribution in [0.15, 0.2) is 48.7 Å². The van der Waals surface area contributed by atoms with Crippen LogP contribution < -0.4 is 0 Å². The van der Waals surface area contributed by atoms with Crippen LogP contribution in [0.3, 0.4) is 0 Å². The number of halogens is 3. The van der Waals surface area contributed by atoms with Crippen LogP contribution in [0.25, 0.3) is 0 Å². The molecule has 0 saturated carbocycles. The van der Waals surface area contributed by atoms with E-state index in [1.807, 2.05) is 12.1 Å². The first-order valence-corrected chi connectivity index (χ1v) is 7.87. The molecule has 0 radical (unpaired) electrons. The number of likely N-dealkylation sites (N-methyl/N-ethyl adjacent to an activating group) is 1. The predicted octanol–water partition coefficient (Wildman–Crippen LogP) is 3.23. The van der Waals surface area contributed by atoms with Gasteiger partial charge in [0.15, 0.2) is 6.10 Å². The van der Waals surface area contributed by atoms with Gasteiger partial charge in [-0.25, -0.2) is 0 Å². The second-order valence-corrected chi connectivity index (χ2v) is 5.51. The van der Waals surface area contributed by atoms with E-state index in [0.29, 0.717) is 19.5 Å².